The molecule has 4 N–H and O–H groups in total. The zero-order valence-corrected chi connectivity index (χ0v) is 23.3. The average molecular weight is 565 g/mol. The van der Waals surface area contributed by atoms with Crippen LogP contribution in [0.25, 0.3) is 22.6 Å². The lowest BCUT2D eigenvalue weighted by Gasteiger charge is -2.24. The number of fused-ring (bicyclic) bond motifs is 8. The first kappa shape index (κ1) is 24.3. The molecule has 42 heavy (non-hydrogen) atoms. The number of rotatable bonds is 5. The zero-order chi connectivity index (χ0) is 28.2. The number of aromatic nitrogens is 2. The molecule has 0 atom stereocenters. The maximum absolute atomic E-state index is 11.6. The second-order valence-electron chi connectivity index (χ2n) is 13.0. The zero-order valence-electron chi connectivity index (χ0n) is 23.3. The Bertz CT molecular complexity index is 1770. The van der Waals surface area contributed by atoms with Gasteiger partial charge in [-0.05, 0) is 99.6 Å². The first-order valence-electron chi connectivity index (χ1n) is 15.1. The standard InChI is InChI=1S/C17H16N2O3.C16H16N2O2/c18-16(20)14-12-8-17(5-6-17)13-4-3-10(21-9-1-2-9)7-11(13)15(12)22-19-14;17-15-12-8-16(5-6-16)13-4-3-10(19-9-1-2-9)7-11(13)14(12)20-18-15/h3-4,7,9H,1-2,5-6,8H2,(H2,18,20);3-4,7,9H,1-2,5-6,8H2,(H2,17,18). The number of carbonyl (C=O) groups excluding carboxylic acids is 1. The summed E-state index contributed by atoms with van der Waals surface area (Å²) in [5.74, 6) is 3.35. The van der Waals surface area contributed by atoms with E-state index < -0.39 is 5.91 Å². The highest BCUT2D eigenvalue weighted by Crippen LogP contribution is 2.59. The Morgan fingerprint density at radius 2 is 1.26 bits per heavy atom. The van der Waals surface area contributed by atoms with Gasteiger partial charge in [-0.3, -0.25) is 4.79 Å². The molecule has 2 heterocycles. The van der Waals surface area contributed by atoms with E-state index in [-0.39, 0.29) is 16.5 Å². The fourth-order valence-electron chi connectivity index (χ4n) is 6.89. The van der Waals surface area contributed by atoms with Crippen molar-refractivity contribution in [1.29, 1.82) is 0 Å². The summed E-state index contributed by atoms with van der Waals surface area (Å²) in [5, 5.41) is 7.86. The third kappa shape index (κ3) is 3.86. The molecule has 2 aromatic heterocycles. The van der Waals surface area contributed by atoms with Crippen molar-refractivity contribution < 1.29 is 23.3 Å². The summed E-state index contributed by atoms with van der Waals surface area (Å²) < 4.78 is 22.7. The van der Waals surface area contributed by atoms with Crippen molar-refractivity contribution in [2.24, 2.45) is 5.73 Å². The van der Waals surface area contributed by atoms with Crippen LogP contribution in [0.1, 0.15) is 84.1 Å². The fourth-order valence-corrected chi connectivity index (χ4v) is 6.89. The third-order valence-electron chi connectivity index (χ3n) is 9.85. The van der Waals surface area contributed by atoms with Gasteiger partial charge in [-0.15, -0.1) is 0 Å². The number of amides is 1. The van der Waals surface area contributed by atoms with Crippen LogP contribution in [0, 0.1) is 0 Å². The van der Waals surface area contributed by atoms with Crippen LogP contribution in [0.5, 0.6) is 11.5 Å². The van der Waals surface area contributed by atoms with E-state index in [1.54, 1.807) is 0 Å². The lowest BCUT2D eigenvalue weighted by atomic mass is 9.78. The van der Waals surface area contributed by atoms with E-state index in [1.165, 1.54) is 36.8 Å². The lowest BCUT2D eigenvalue weighted by Crippen LogP contribution is -2.21. The number of nitrogens with two attached hydrogens (primary N) is 2. The second-order valence-corrected chi connectivity index (χ2v) is 13.0. The van der Waals surface area contributed by atoms with Crippen LogP contribution in [0.2, 0.25) is 0 Å². The lowest BCUT2D eigenvalue weighted by molar-refractivity contribution is 0.0991. The molecule has 214 valence electrons. The normalized spacial score (nSPS) is 20.9. The highest BCUT2D eigenvalue weighted by atomic mass is 16.5. The van der Waals surface area contributed by atoms with Crippen molar-refractivity contribution in [2.75, 3.05) is 5.73 Å². The second kappa shape index (κ2) is 8.40. The van der Waals surface area contributed by atoms with Crippen molar-refractivity contribution in [1.82, 2.24) is 10.3 Å². The number of primary amides is 1. The van der Waals surface area contributed by atoms with E-state index >= 15 is 0 Å². The number of nitrogen functional groups attached to an aromatic ring is 1. The molecule has 9 nitrogen and oxygen atoms in total. The Kier molecular flexibility index (Phi) is 4.87. The van der Waals surface area contributed by atoms with Gasteiger partial charge >= 0.3 is 0 Å². The van der Waals surface area contributed by atoms with Gasteiger partial charge in [-0.25, -0.2) is 0 Å². The van der Waals surface area contributed by atoms with Crippen molar-refractivity contribution >= 4 is 11.7 Å². The summed E-state index contributed by atoms with van der Waals surface area (Å²) in [7, 11) is 0. The maximum atomic E-state index is 11.6. The van der Waals surface area contributed by atoms with E-state index in [1.807, 2.05) is 12.1 Å². The van der Waals surface area contributed by atoms with Crippen LogP contribution in [-0.2, 0) is 23.7 Å². The SMILES string of the molecule is NC(=O)c1noc2c1CC1(CC1)c1ccc(OC3CC3)cc1-2.Nc1noc2c1CC1(CC1)c1ccc(OC3CC3)cc1-2. The van der Waals surface area contributed by atoms with Crippen LogP contribution in [0.3, 0.4) is 0 Å². The molecule has 10 rings (SSSR count). The average Bonchev–Trinajstić information content (AvgIpc) is 3.78. The predicted molar refractivity (Wildman–Crippen MR) is 153 cm³/mol. The maximum Gasteiger partial charge on any atom is 0.271 e. The van der Waals surface area contributed by atoms with Crippen LogP contribution in [0.15, 0.2) is 45.4 Å². The number of benzene rings is 2. The molecule has 0 unspecified atom stereocenters. The molecule has 0 bridgehead atoms. The number of anilines is 1. The number of carbonyl (C=O) groups is 1. The van der Waals surface area contributed by atoms with Crippen molar-refractivity contribution in [3.8, 4) is 34.1 Å². The van der Waals surface area contributed by atoms with E-state index in [0.717, 1.165) is 78.0 Å². The topological polar surface area (TPSA) is 140 Å². The van der Waals surface area contributed by atoms with Gasteiger partial charge in [0.05, 0.1) is 12.2 Å². The highest BCUT2D eigenvalue weighted by Gasteiger charge is 2.51. The first-order valence-corrected chi connectivity index (χ1v) is 15.1. The van der Waals surface area contributed by atoms with Gasteiger partial charge in [0.1, 0.15) is 11.5 Å². The molecule has 4 aromatic rings. The molecule has 4 saturated carbocycles. The van der Waals surface area contributed by atoms with Gasteiger partial charge < -0.3 is 30.0 Å². The Labute approximate surface area is 242 Å². The predicted octanol–water partition coefficient (Wildman–Crippen LogP) is 5.62. The molecule has 0 radical (unpaired) electrons. The molecule has 9 heteroatoms. The van der Waals surface area contributed by atoms with Crippen LogP contribution < -0.4 is 20.9 Å². The summed E-state index contributed by atoms with van der Waals surface area (Å²) in [4.78, 5) is 11.6. The van der Waals surface area contributed by atoms with Gasteiger partial charge in [0.25, 0.3) is 5.91 Å². The van der Waals surface area contributed by atoms with E-state index in [2.05, 4.69) is 34.6 Å². The Morgan fingerprint density at radius 1 is 0.762 bits per heavy atom. The van der Waals surface area contributed by atoms with Gasteiger partial charge in [0.15, 0.2) is 23.0 Å². The highest BCUT2D eigenvalue weighted by molar-refractivity contribution is 5.94. The quantitative estimate of drug-likeness (QED) is 0.318. The largest absolute Gasteiger partial charge is 0.490 e. The monoisotopic (exact) mass is 564 g/mol. The minimum absolute atomic E-state index is 0.135. The number of nitrogens with zero attached hydrogens (tertiary/aromatic N) is 2. The van der Waals surface area contributed by atoms with Gasteiger partial charge in [0.2, 0.25) is 0 Å². The smallest absolute Gasteiger partial charge is 0.271 e. The van der Waals surface area contributed by atoms with Gasteiger partial charge in [0, 0.05) is 33.1 Å². The van der Waals surface area contributed by atoms with Crippen LogP contribution in [-0.4, -0.2) is 28.4 Å². The molecular weight excluding hydrogens is 532 g/mol. The van der Waals surface area contributed by atoms with Crippen molar-refractivity contribution in [3.05, 3.63) is 64.3 Å². The minimum atomic E-state index is -0.519. The molecule has 4 fully saturated rings. The van der Waals surface area contributed by atoms with Gasteiger partial charge in [-0.1, -0.05) is 22.4 Å². The molecule has 6 aliphatic carbocycles. The summed E-state index contributed by atoms with van der Waals surface area (Å²) in [6.07, 6.45) is 11.8. The number of hydrogen-bond donors (Lipinski definition) is 2. The summed E-state index contributed by atoms with van der Waals surface area (Å²) in [6, 6.07) is 12.6. The van der Waals surface area contributed by atoms with Crippen molar-refractivity contribution in [2.45, 2.75) is 87.2 Å². The molecule has 6 aliphatic rings. The number of hydrogen-bond acceptors (Lipinski definition) is 8. The summed E-state index contributed by atoms with van der Waals surface area (Å²) >= 11 is 0. The van der Waals surface area contributed by atoms with E-state index in [9.17, 15) is 4.79 Å². The molecule has 0 aliphatic heterocycles. The Hall–Kier alpha value is -4.27. The Morgan fingerprint density at radius 3 is 1.76 bits per heavy atom. The molecule has 2 spiro atoms. The fraction of sp³-hybridized carbons (Fsp3) is 0.424. The molecule has 2 aromatic carbocycles. The Balaban J connectivity index is 0.000000120. The summed E-state index contributed by atoms with van der Waals surface area (Å²) in [6.45, 7) is 0. The van der Waals surface area contributed by atoms with Crippen LogP contribution >= 0.6 is 0 Å². The van der Waals surface area contributed by atoms with Gasteiger partial charge in [-0.2, -0.15) is 0 Å². The van der Waals surface area contributed by atoms with Crippen molar-refractivity contribution in [3.63, 3.8) is 0 Å². The summed E-state index contributed by atoms with van der Waals surface area (Å²) in [5.41, 5.74) is 18.8. The molecular formula is C33H32N4O5. The number of ether oxygens (including phenoxy) is 2. The minimum Gasteiger partial charge on any atom is -0.490 e. The van der Waals surface area contributed by atoms with Crippen LogP contribution in [0.4, 0.5) is 5.82 Å². The third-order valence-corrected chi connectivity index (χ3v) is 9.85. The van der Waals surface area contributed by atoms with E-state index in [0.29, 0.717) is 23.8 Å². The molecule has 0 saturated heterocycles. The van der Waals surface area contributed by atoms with E-state index in [4.69, 9.17) is 30.0 Å². The molecule has 1 amide bonds. The first-order chi connectivity index (χ1) is 20.4.